The molecule has 2 aromatic carbocycles. The highest BCUT2D eigenvalue weighted by molar-refractivity contribution is 7.92. The summed E-state index contributed by atoms with van der Waals surface area (Å²) in [6, 6.07) is 5.91. The standard InChI is InChI=1S/C18H19FN2O5S/c1-10(2)5-13(22)6-11-3-4-12-8-15(23)18(17(19)14(12)7-11)21-9-16(24)20-27(21,25)26/h3-4,7-8,10,23H,5-6,9H2,1-2H3,(H,20,24). The molecule has 0 radical (unpaired) electrons. The first-order valence-corrected chi connectivity index (χ1v) is 9.81. The molecule has 1 aliphatic rings. The van der Waals surface area contributed by atoms with Gasteiger partial charge in [0.15, 0.2) is 5.82 Å². The molecule has 0 saturated carbocycles. The van der Waals surface area contributed by atoms with Crippen LogP contribution < -0.4 is 9.03 Å². The second kappa shape index (κ2) is 6.80. The number of ketones is 1. The summed E-state index contributed by atoms with van der Waals surface area (Å²) in [7, 11) is -4.27. The summed E-state index contributed by atoms with van der Waals surface area (Å²) in [6.07, 6.45) is 0.535. The number of anilines is 1. The van der Waals surface area contributed by atoms with E-state index in [2.05, 4.69) is 0 Å². The number of carbonyl (C=O) groups is 2. The number of nitrogens with zero attached hydrogens (tertiary/aromatic N) is 1. The minimum Gasteiger partial charge on any atom is -0.506 e. The Hall–Kier alpha value is -2.68. The highest BCUT2D eigenvalue weighted by Gasteiger charge is 2.37. The first kappa shape index (κ1) is 19.1. The van der Waals surface area contributed by atoms with Gasteiger partial charge in [-0.15, -0.1) is 0 Å². The van der Waals surface area contributed by atoms with Crippen molar-refractivity contribution in [3.05, 3.63) is 35.6 Å². The van der Waals surface area contributed by atoms with Gasteiger partial charge in [-0.05, 0) is 29.0 Å². The van der Waals surface area contributed by atoms with Crippen molar-refractivity contribution >= 4 is 38.4 Å². The number of rotatable bonds is 5. The molecule has 1 heterocycles. The molecule has 2 N–H and O–H groups in total. The lowest BCUT2D eigenvalue weighted by molar-refractivity contribution is -0.119. The maximum absolute atomic E-state index is 15.1. The van der Waals surface area contributed by atoms with E-state index in [1.54, 1.807) is 16.9 Å². The molecule has 7 nitrogen and oxygen atoms in total. The molecular weight excluding hydrogens is 375 g/mol. The Morgan fingerprint density at radius 2 is 2.04 bits per heavy atom. The van der Waals surface area contributed by atoms with Crippen molar-refractivity contribution < 1.29 is 27.5 Å². The predicted octanol–water partition coefficient (Wildman–Crippen LogP) is 2.02. The van der Waals surface area contributed by atoms with Gasteiger partial charge in [-0.25, -0.2) is 13.4 Å². The van der Waals surface area contributed by atoms with Gasteiger partial charge in [-0.3, -0.25) is 9.59 Å². The Bertz CT molecular complexity index is 1050. The van der Waals surface area contributed by atoms with Crippen LogP contribution in [0, 0.1) is 11.7 Å². The van der Waals surface area contributed by atoms with Crippen LogP contribution in [0.5, 0.6) is 5.75 Å². The second-order valence-corrected chi connectivity index (χ2v) is 8.56. The molecule has 1 saturated heterocycles. The van der Waals surface area contributed by atoms with Crippen LogP contribution >= 0.6 is 0 Å². The number of amides is 1. The fourth-order valence-electron chi connectivity index (χ4n) is 3.12. The van der Waals surface area contributed by atoms with E-state index in [4.69, 9.17) is 0 Å². The number of carbonyl (C=O) groups excluding carboxylic acids is 2. The van der Waals surface area contributed by atoms with Crippen molar-refractivity contribution in [2.45, 2.75) is 26.7 Å². The number of benzene rings is 2. The molecule has 1 fully saturated rings. The average Bonchev–Trinajstić information content (AvgIpc) is 2.79. The average molecular weight is 394 g/mol. The lowest BCUT2D eigenvalue weighted by Gasteiger charge is -2.18. The summed E-state index contributed by atoms with van der Waals surface area (Å²) in [5.74, 6) is -2.15. The van der Waals surface area contributed by atoms with E-state index in [1.165, 1.54) is 12.1 Å². The molecule has 2 aromatic rings. The first-order valence-electron chi connectivity index (χ1n) is 8.37. The number of phenols is 1. The number of nitrogens with one attached hydrogen (secondary N) is 1. The second-order valence-electron chi connectivity index (χ2n) is 6.96. The lowest BCUT2D eigenvalue weighted by Crippen LogP contribution is -2.30. The van der Waals surface area contributed by atoms with Crippen molar-refractivity contribution in [3.63, 3.8) is 0 Å². The van der Waals surface area contributed by atoms with E-state index in [1.807, 2.05) is 13.8 Å². The van der Waals surface area contributed by atoms with Crippen LogP contribution in [0.2, 0.25) is 0 Å². The van der Waals surface area contributed by atoms with Crippen LogP contribution in [0.4, 0.5) is 10.1 Å². The molecule has 0 aromatic heterocycles. The number of Topliss-reactive ketones (excluding diaryl/α,β-unsaturated/α-hetero) is 1. The number of halogens is 1. The maximum atomic E-state index is 15.1. The van der Waals surface area contributed by atoms with Crippen molar-refractivity contribution in [3.8, 4) is 5.75 Å². The van der Waals surface area contributed by atoms with Gasteiger partial charge in [0, 0.05) is 18.2 Å². The molecule has 9 heteroatoms. The molecule has 1 aliphatic heterocycles. The fourth-order valence-corrected chi connectivity index (χ4v) is 4.29. The topological polar surface area (TPSA) is 104 Å². The van der Waals surface area contributed by atoms with Crippen molar-refractivity contribution in [1.29, 1.82) is 0 Å². The fraction of sp³-hybridized carbons (Fsp3) is 0.333. The van der Waals surface area contributed by atoms with Gasteiger partial charge in [0.1, 0.15) is 23.8 Å². The Labute approximate surface area is 156 Å². The van der Waals surface area contributed by atoms with Gasteiger partial charge in [-0.2, -0.15) is 8.42 Å². The number of hydrogen-bond acceptors (Lipinski definition) is 5. The normalized spacial score (nSPS) is 16.1. The maximum Gasteiger partial charge on any atom is 0.326 e. The molecule has 0 spiro atoms. The van der Waals surface area contributed by atoms with E-state index in [9.17, 15) is 23.1 Å². The zero-order chi connectivity index (χ0) is 19.9. The molecular formula is C18H19FN2O5S. The van der Waals surface area contributed by atoms with Crippen molar-refractivity contribution in [1.82, 2.24) is 4.72 Å². The molecule has 0 atom stereocenters. The molecule has 1 amide bonds. The van der Waals surface area contributed by atoms with Gasteiger partial charge in [-0.1, -0.05) is 26.0 Å². The van der Waals surface area contributed by atoms with Gasteiger partial charge in [0.2, 0.25) is 0 Å². The summed E-state index contributed by atoms with van der Waals surface area (Å²) in [5, 5.41) is 10.6. The third kappa shape index (κ3) is 3.73. The van der Waals surface area contributed by atoms with Gasteiger partial charge in [0.05, 0.1) is 0 Å². The minimum atomic E-state index is -4.27. The highest BCUT2D eigenvalue weighted by Crippen LogP contribution is 2.38. The van der Waals surface area contributed by atoms with Crippen LogP contribution in [0.3, 0.4) is 0 Å². The number of phenolic OH excluding ortho intramolecular Hbond substituents is 1. The molecule has 3 rings (SSSR count). The number of hydrogen-bond donors (Lipinski definition) is 2. The summed E-state index contributed by atoms with van der Waals surface area (Å²) < 4.78 is 41.3. The van der Waals surface area contributed by atoms with Crippen LogP contribution in [0.15, 0.2) is 24.3 Å². The summed E-state index contributed by atoms with van der Waals surface area (Å²) in [5.41, 5.74) is -0.00585. The van der Waals surface area contributed by atoms with E-state index in [0.29, 0.717) is 21.7 Å². The predicted molar refractivity (Wildman–Crippen MR) is 98.1 cm³/mol. The third-order valence-corrected chi connectivity index (χ3v) is 5.58. The van der Waals surface area contributed by atoms with Crippen molar-refractivity contribution in [2.24, 2.45) is 5.92 Å². The van der Waals surface area contributed by atoms with E-state index < -0.39 is 39.9 Å². The summed E-state index contributed by atoms with van der Waals surface area (Å²) in [4.78, 5) is 23.4. The summed E-state index contributed by atoms with van der Waals surface area (Å²) in [6.45, 7) is 3.24. The molecule has 144 valence electrons. The zero-order valence-electron chi connectivity index (χ0n) is 14.8. The van der Waals surface area contributed by atoms with Crippen LogP contribution in [0.25, 0.3) is 10.8 Å². The van der Waals surface area contributed by atoms with E-state index >= 15 is 4.39 Å². The zero-order valence-corrected chi connectivity index (χ0v) is 15.6. The smallest absolute Gasteiger partial charge is 0.326 e. The van der Waals surface area contributed by atoms with Crippen molar-refractivity contribution in [2.75, 3.05) is 10.8 Å². The Kier molecular flexibility index (Phi) is 4.81. The van der Waals surface area contributed by atoms with Gasteiger partial charge >= 0.3 is 10.2 Å². The van der Waals surface area contributed by atoms with E-state index in [-0.39, 0.29) is 23.5 Å². The lowest BCUT2D eigenvalue weighted by atomic mass is 9.98. The quantitative estimate of drug-likeness (QED) is 0.808. The monoisotopic (exact) mass is 394 g/mol. The van der Waals surface area contributed by atoms with Gasteiger partial charge < -0.3 is 5.11 Å². The largest absolute Gasteiger partial charge is 0.506 e. The number of aromatic hydroxyl groups is 1. The minimum absolute atomic E-state index is 0.0145. The highest BCUT2D eigenvalue weighted by atomic mass is 32.2. The third-order valence-electron chi connectivity index (χ3n) is 4.20. The van der Waals surface area contributed by atoms with Crippen LogP contribution in [-0.2, 0) is 26.2 Å². The molecule has 0 bridgehead atoms. The van der Waals surface area contributed by atoms with Gasteiger partial charge in [0.25, 0.3) is 5.91 Å². The summed E-state index contributed by atoms with van der Waals surface area (Å²) >= 11 is 0. The SMILES string of the molecule is CC(C)CC(=O)Cc1ccc2cc(O)c(N3CC(=O)NS3(=O)=O)c(F)c2c1. The molecule has 0 aliphatic carbocycles. The Morgan fingerprint density at radius 3 is 2.63 bits per heavy atom. The molecule has 27 heavy (non-hydrogen) atoms. The Balaban J connectivity index is 2.07. The Morgan fingerprint density at radius 1 is 1.33 bits per heavy atom. The van der Waals surface area contributed by atoms with E-state index in [0.717, 1.165) is 0 Å². The molecule has 0 unspecified atom stereocenters. The first-order chi connectivity index (χ1) is 12.6. The van der Waals surface area contributed by atoms with Crippen LogP contribution in [0.1, 0.15) is 25.8 Å². The van der Waals surface area contributed by atoms with Crippen LogP contribution in [-0.4, -0.2) is 31.8 Å². The number of fused-ring (bicyclic) bond motifs is 1.